The highest BCUT2D eigenvalue weighted by molar-refractivity contribution is 6.30. The third-order valence-electron chi connectivity index (χ3n) is 5.92. The van der Waals surface area contributed by atoms with Crippen LogP contribution in [0.2, 0.25) is 5.02 Å². The molecule has 0 spiro atoms. The summed E-state index contributed by atoms with van der Waals surface area (Å²) in [4.78, 5) is 27.8. The first-order valence-corrected chi connectivity index (χ1v) is 11.6. The lowest BCUT2D eigenvalue weighted by Crippen LogP contribution is -2.49. The van der Waals surface area contributed by atoms with Crippen molar-refractivity contribution in [1.29, 1.82) is 0 Å². The van der Waals surface area contributed by atoms with Gasteiger partial charge in [0.05, 0.1) is 0 Å². The molecule has 2 amide bonds. The number of nitrogens with one attached hydrogen (secondary N) is 1. The topological polar surface area (TPSA) is 49.4 Å². The van der Waals surface area contributed by atoms with Crippen LogP contribution in [0.1, 0.15) is 44.7 Å². The van der Waals surface area contributed by atoms with Crippen LogP contribution in [-0.2, 0) is 22.6 Å². The fraction of sp³-hybridized carbons (Fsp3) is 0.333. The van der Waals surface area contributed by atoms with E-state index in [1.165, 1.54) is 0 Å². The van der Waals surface area contributed by atoms with Gasteiger partial charge >= 0.3 is 0 Å². The highest BCUT2D eigenvalue weighted by atomic mass is 35.5. The third kappa shape index (κ3) is 6.10. The molecule has 0 bridgehead atoms. The standard InChI is InChI=1S/C27H31ClN2O2/c1-4-19(2)29-27(32)20(3)30(18-21-12-15-24(28)16-13-21)26(31)17-14-23-10-7-9-22-8-5-6-11-25(22)23/h5-13,15-16,19-20H,4,14,17-18H2,1-3H3,(H,29,32)/t19-,20+/m1/s1. The van der Waals surface area contributed by atoms with E-state index in [-0.39, 0.29) is 17.9 Å². The molecule has 0 saturated heterocycles. The van der Waals surface area contributed by atoms with Gasteiger partial charge in [-0.05, 0) is 60.7 Å². The number of amides is 2. The molecule has 0 heterocycles. The van der Waals surface area contributed by atoms with Crippen LogP contribution < -0.4 is 5.32 Å². The number of nitrogens with zero attached hydrogens (tertiary/aromatic N) is 1. The lowest BCUT2D eigenvalue weighted by Gasteiger charge is -2.30. The van der Waals surface area contributed by atoms with Gasteiger partial charge < -0.3 is 10.2 Å². The summed E-state index contributed by atoms with van der Waals surface area (Å²) in [5.41, 5.74) is 2.08. The molecule has 1 N–H and O–H groups in total. The Morgan fingerprint density at radius 2 is 1.66 bits per heavy atom. The molecule has 0 saturated carbocycles. The van der Waals surface area contributed by atoms with Crippen LogP contribution in [0.25, 0.3) is 10.8 Å². The van der Waals surface area contributed by atoms with E-state index in [1.54, 1.807) is 24.0 Å². The minimum atomic E-state index is -0.570. The van der Waals surface area contributed by atoms with E-state index in [4.69, 9.17) is 11.6 Å². The van der Waals surface area contributed by atoms with Crippen molar-refractivity contribution in [3.63, 3.8) is 0 Å². The van der Waals surface area contributed by atoms with Crippen LogP contribution in [0.4, 0.5) is 0 Å². The molecule has 0 aromatic heterocycles. The Balaban J connectivity index is 1.78. The van der Waals surface area contributed by atoms with Gasteiger partial charge in [0, 0.05) is 24.0 Å². The molecule has 32 heavy (non-hydrogen) atoms. The molecule has 2 atom stereocenters. The monoisotopic (exact) mass is 450 g/mol. The maximum atomic E-state index is 13.3. The van der Waals surface area contributed by atoms with Gasteiger partial charge in [-0.1, -0.05) is 73.1 Å². The predicted octanol–water partition coefficient (Wildman–Crippen LogP) is 5.76. The van der Waals surface area contributed by atoms with Crippen LogP contribution in [-0.4, -0.2) is 28.8 Å². The number of carbonyl (C=O) groups excluding carboxylic acids is 2. The van der Waals surface area contributed by atoms with Gasteiger partial charge in [-0.2, -0.15) is 0 Å². The lowest BCUT2D eigenvalue weighted by molar-refractivity contribution is -0.140. The molecule has 0 radical (unpaired) electrons. The summed E-state index contributed by atoms with van der Waals surface area (Å²) < 4.78 is 0. The zero-order valence-corrected chi connectivity index (χ0v) is 19.7. The number of halogens is 1. The van der Waals surface area contributed by atoms with Crippen molar-refractivity contribution in [3.8, 4) is 0 Å². The van der Waals surface area contributed by atoms with E-state index in [1.807, 2.05) is 44.2 Å². The summed E-state index contributed by atoms with van der Waals surface area (Å²) in [6.07, 6.45) is 1.80. The largest absolute Gasteiger partial charge is 0.352 e. The average molecular weight is 451 g/mol. The van der Waals surface area contributed by atoms with Crippen molar-refractivity contribution >= 4 is 34.2 Å². The number of rotatable bonds is 9. The molecule has 0 fully saturated rings. The summed E-state index contributed by atoms with van der Waals surface area (Å²) in [6, 6.07) is 21.3. The van der Waals surface area contributed by atoms with Gasteiger partial charge in [-0.25, -0.2) is 0 Å². The molecule has 3 aromatic rings. The Bertz CT molecular complexity index is 1060. The van der Waals surface area contributed by atoms with E-state index in [2.05, 4.69) is 29.6 Å². The van der Waals surface area contributed by atoms with Gasteiger partial charge in [0.15, 0.2) is 0 Å². The Morgan fingerprint density at radius 1 is 0.969 bits per heavy atom. The minimum Gasteiger partial charge on any atom is -0.352 e. The average Bonchev–Trinajstić information content (AvgIpc) is 2.81. The number of hydrogen-bond donors (Lipinski definition) is 1. The van der Waals surface area contributed by atoms with Gasteiger partial charge in [-0.15, -0.1) is 0 Å². The first-order valence-electron chi connectivity index (χ1n) is 11.2. The quantitative estimate of drug-likeness (QED) is 0.450. The molecule has 0 aliphatic heterocycles. The van der Waals surface area contributed by atoms with Crippen molar-refractivity contribution in [2.24, 2.45) is 0 Å². The van der Waals surface area contributed by atoms with Crippen LogP contribution >= 0.6 is 11.6 Å². The van der Waals surface area contributed by atoms with E-state index in [0.717, 1.165) is 28.3 Å². The lowest BCUT2D eigenvalue weighted by atomic mass is 10.0. The van der Waals surface area contributed by atoms with E-state index < -0.39 is 6.04 Å². The van der Waals surface area contributed by atoms with E-state index in [0.29, 0.717) is 24.4 Å². The van der Waals surface area contributed by atoms with Crippen molar-refractivity contribution in [3.05, 3.63) is 82.9 Å². The predicted molar refractivity (Wildman–Crippen MR) is 132 cm³/mol. The van der Waals surface area contributed by atoms with Crippen LogP contribution in [0.3, 0.4) is 0 Å². The highest BCUT2D eigenvalue weighted by Gasteiger charge is 2.26. The molecule has 0 unspecified atom stereocenters. The van der Waals surface area contributed by atoms with Crippen molar-refractivity contribution in [2.75, 3.05) is 0 Å². The second-order valence-electron chi connectivity index (χ2n) is 8.28. The van der Waals surface area contributed by atoms with Gasteiger partial charge in [0.25, 0.3) is 0 Å². The zero-order valence-electron chi connectivity index (χ0n) is 19.0. The van der Waals surface area contributed by atoms with Gasteiger partial charge in [-0.3, -0.25) is 9.59 Å². The maximum Gasteiger partial charge on any atom is 0.242 e. The Morgan fingerprint density at radius 3 is 2.38 bits per heavy atom. The number of carbonyl (C=O) groups is 2. The highest BCUT2D eigenvalue weighted by Crippen LogP contribution is 2.21. The Labute approximate surface area is 195 Å². The number of hydrogen-bond acceptors (Lipinski definition) is 2. The number of fused-ring (bicyclic) bond motifs is 1. The fourth-order valence-electron chi connectivity index (χ4n) is 3.73. The smallest absolute Gasteiger partial charge is 0.242 e. The second kappa shape index (κ2) is 11.1. The summed E-state index contributed by atoms with van der Waals surface area (Å²) in [5, 5.41) is 5.97. The van der Waals surface area contributed by atoms with Gasteiger partial charge in [0.1, 0.15) is 6.04 Å². The van der Waals surface area contributed by atoms with Crippen LogP contribution in [0.5, 0.6) is 0 Å². The van der Waals surface area contributed by atoms with Crippen molar-refractivity contribution in [1.82, 2.24) is 10.2 Å². The Kier molecular flexibility index (Phi) is 8.29. The first-order chi connectivity index (χ1) is 15.4. The maximum absolute atomic E-state index is 13.3. The Hall–Kier alpha value is -2.85. The molecular weight excluding hydrogens is 420 g/mol. The van der Waals surface area contributed by atoms with Crippen molar-refractivity contribution < 1.29 is 9.59 Å². The molecular formula is C27H31ClN2O2. The van der Waals surface area contributed by atoms with Crippen LogP contribution in [0, 0.1) is 0 Å². The third-order valence-corrected chi connectivity index (χ3v) is 6.17. The summed E-state index contributed by atoms with van der Waals surface area (Å²) in [7, 11) is 0. The first kappa shape index (κ1) is 23.8. The summed E-state index contributed by atoms with van der Waals surface area (Å²) in [5.74, 6) is -0.175. The SMILES string of the molecule is CC[C@@H](C)NC(=O)[C@H](C)N(Cc1ccc(Cl)cc1)C(=O)CCc1cccc2ccccc12. The van der Waals surface area contributed by atoms with Crippen molar-refractivity contribution in [2.45, 2.75) is 58.7 Å². The molecule has 0 aliphatic carbocycles. The number of aryl methyl sites for hydroxylation is 1. The zero-order chi connectivity index (χ0) is 23.1. The number of benzene rings is 3. The molecule has 168 valence electrons. The molecule has 0 aliphatic rings. The summed E-state index contributed by atoms with van der Waals surface area (Å²) in [6.45, 7) is 6.15. The second-order valence-corrected chi connectivity index (χ2v) is 8.72. The molecule has 4 nitrogen and oxygen atoms in total. The fourth-order valence-corrected chi connectivity index (χ4v) is 3.86. The van der Waals surface area contributed by atoms with Gasteiger partial charge in [0.2, 0.25) is 11.8 Å². The minimum absolute atomic E-state index is 0.0420. The molecule has 3 aromatic carbocycles. The normalized spacial score (nSPS) is 12.9. The van der Waals surface area contributed by atoms with Crippen LogP contribution in [0.15, 0.2) is 66.7 Å². The molecule has 5 heteroatoms. The van der Waals surface area contributed by atoms with E-state index in [9.17, 15) is 9.59 Å². The molecule has 3 rings (SSSR count). The summed E-state index contributed by atoms with van der Waals surface area (Å²) >= 11 is 6.02. The van der Waals surface area contributed by atoms with E-state index >= 15 is 0 Å².